The van der Waals surface area contributed by atoms with Gasteiger partial charge in [0.2, 0.25) is 11.8 Å². The number of fused-ring (bicyclic) bond motifs is 6. The smallest absolute Gasteiger partial charge is 0.264 e. The summed E-state index contributed by atoms with van der Waals surface area (Å²) in [4.78, 5) is 41.3. The molecule has 3 N–H and O–H groups in total. The number of piperidine rings is 3. The van der Waals surface area contributed by atoms with Crippen molar-refractivity contribution in [3.8, 4) is 17.2 Å². The van der Waals surface area contributed by atoms with E-state index in [0.717, 1.165) is 29.2 Å². The van der Waals surface area contributed by atoms with E-state index < -0.39 is 71.4 Å². The molecule has 2 aliphatic carbocycles. The normalized spacial score (nSPS) is 27.3. The minimum atomic E-state index is -3.32. The lowest BCUT2D eigenvalue weighted by Crippen LogP contribution is -2.70. The lowest BCUT2D eigenvalue weighted by atomic mass is 9.70. The van der Waals surface area contributed by atoms with Gasteiger partial charge in [0.25, 0.3) is 11.8 Å². The number of alkyl halides is 2. The van der Waals surface area contributed by atoms with Crippen molar-refractivity contribution in [3.63, 3.8) is 0 Å². The zero-order chi connectivity index (χ0) is 30.0. The molecule has 8 nitrogen and oxygen atoms in total. The summed E-state index contributed by atoms with van der Waals surface area (Å²) >= 11 is 0. The Morgan fingerprint density at radius 3 is 2.31 bits per heavy atom. The van der Waals surface area contributed by atoms with Crippen molar-refractivity contribution in [2.24, 2.45) is 11.8 Å². The first-order valence-corrected chi connectivity index (χ1v) is 14.0. The van der Waals surface area contributed by atoms with E-state index in [1.54, 1.807) is 0 Å². The van der Waals surface area contributed by atoms with Crippen LogP contribution in [0.25, 0.3) is 11.1 Å². The number of rotatable bonds is 5. The van der Waals surface area contributed by atoms with Gasteiger partial charge in [0, 0.05) is 36.1 Å². The number of hydrogen-bond acceptors (Lipinski definition) is 5. The van der Waals surface area contributed by atoms with E-state index in [-0.39, 0.29) is 47.4 Å². The molecule has 0 aromatic heterocycles. The number of hydrogen-bond donors (Lipinski definition) is 3. The van der Waals surface area contributed by atoms with Crippen LogP contribution in [0.4, 0.5) is 17.6 Å². The second-order valence-electron chi connectivity index (χ2n) is 11.6. The lowest BCUT2D eigenvalue weighted by Gasteiger charge is -2.54. The van der Waals surface area contributed by atoms with Gasteiger partial charge < -0.3 is 20.6 Å². The summed E-state index contributed by atoms with van der Waals surface area (Å²) in [5, 5.41) is 27.0. The van der Waals surface area contributed by atoms with E-state index in [9.17, 15) is 33.5 Å². The molecule has 4 fully saturated rings. The summed E-state index contributed by atoms with van der Waals surface area (Å²) < 4.78 is 59.4. The summed E-state index contributed by atoms with van der Waals surface area (Å²) in [6.45, 7) is 0.499. The van der Waals surface area contributed by atoms with Crippen LogP contribution in [0, 0.1) is 34.8 Å². The Labute approximate surface area is 238 Å². The van der Waals surface area contributed by atoms with Gasteiger partial charge in [-0.05, 0) is 67.5 Å². The van der Waals surface area contributed by atoms with Crippen LogP contribution in [-0.4, -0.2) is 58.3 Å². The number of nitrogens with one attached hydrogen (secondary N) is 2. The monoisotopic (exact) mass is 584 g/mol. The van der Waals surface area contributed by atoms with Gasteiger partial charge in [-0.2, -0.15) is 5.26 Å². The Bertz CT molecular complexity index is 1470. The Balaban J connectivity index is 1.38. The number of carbonyl (C=O) groups is 3. The first kappa shape index (κ1) is 28.2. The van der Waals surface area contributed by atoms with Crippen molar-refractivity contribution in [2.75, 3.05) is 6.54 Å². The molecular formula is C30H28F4N4O4. The molecule has 12 heteroatoms. The van der Waals surface area contributed by atoms with Crippen LogP contribution in [0.2, 0.25) is 0 Å². The highest BCUT2D eigenvalue weighted by atomic mass is 19.3. The quantitative estimate of drug-likeness (QED) is 0.467. The molecule has 2 aromatic carbocycles. The first-order valence-electron chi connectivity index (χ1n) is 14.0. The Hall–Kier alpha value is -3.98. The molecule has 5 atom stereocenters. The molecule has 0 radical (unpaired) electrons. The molecule has 42 heavy (non-hydrogen) atoms. The second kappa shape index (κ2) is 10.1. The second-order valence-corrected chi connectivity index (χ2v) is 11.6. The number of nitrogens with zero attached hydrogens (tertiary/aromatic N) is 2. The van der Waals surface area contributed by atoms with Crippen LogP contribution in [0.15, 0.2) is 36.4 Å². The van der Waals surface area contributed by atoms with E-state index in [2.05, 4.69) is 10.6 Å². The molecule has 3 aliphatic heterocycles. The summed E-state index contributed by atoms with van der Waals surface area (Å²) in [6, 6.07) is 4.60. The number of carbonyl (C=O) groups excluding carboxylic acids is 3. The van der Waals surface area contributed by atoms with Gasteiger partial charge >= 0.3 is 0 Å². The third-order valence-corrected chi connectivity index (χ3v) is 9.17. The molecule has 3 heterocycles. The number of aliphatic hydroxyl groups is 1. The zero-order valence-electron chi connectivity index (χ0n) is 22.4. The van der Waals surface area contributed by atoms with E-state index in [1.807, 2.05) is 6.07 Å². The van der Waals surface area contributed by atoms with Crippen molar-refractivity contribution in [1.29, 1.82) is 5.26 Å². The molecule has 220 valence electrons. The fraction of sp³-hybridized carbons (Fsp3) is 0.467. The van der Waals surface area contributed by atoms with Crippen LogP contribution in [-0.2, 0) is 20.0 Å². The van der Waals surface area contributed by atoms with Gasteiger partial charge in [0.15, 0.2) is 5.60 Å². The standard InChI is InChI=1S/C30H28F4N4O4/c31-16-3-6-20-21-7-4-17(32)12-24(21)30(42,23(20)11-16)28(41)38-19-5-8-22(29(33,34)13-19)25(38)27(40)37-18(14-35)10-15-2-1-9-36-26(15)39/h3-4,6-7,11-12,15,18-19,22,25,42H,1-2,5,8-10,13H2,(H,36,39)(H,37,40)/t15-,18+,19+,22+,25-/m0/s1. The first-order chi connectivity index (χ1) is 20.0. The molecule has 3 amide bonds. The molecule has 2 aromatic rings. The Morgan fingerprint density at radius 2 is 1.74 bits per heavy atom. The van der Waals surface area contributed by atoms with E-state index >= 15 is 8.78 Å². The maximum Gasteiger partial charge on any atom is 0.264 e. The van der Waals surface area contributed by atoms with Gasteiger partial charge in [-0.1, -0.05) is 12.1 Å². The Kier molecular flexibility index (Phi) is 6.76. The maximum atomic E-state index is 15.2. The third kappa shape index (κ3) is 4.33. The predicted octanol–water partition coefficient (Wildman–Crippen LogP) is 3.12. The topological polar surface area (TPSA) is 123 Å². The molecule has 2 bridgehead atoms. The van der Waals surface area contributed by atoms with Gasteiger partial charge in [-0.3, -0.25) is 14.4 Å². The van der Waals surface area contributed by atoms with Crippen LogP contribution < -0.4 is 10.6 Å². The van der Waals surface area contributed by atoms with Crippen LogP contribution in [0.5, 0.6) is 0 Å². The summed E-state index contributed by atoms with van der Waals surface area (Å²) in [6.07, 6.45) is 0.432. The highest BCUT2D eigenvalue weighted by molar-refractivity contribution is 6.01. The van der Waals surface area contributed by atoms with Crippen molar-refractivity contribution >= 4 is 17.7 Å². The van der Waals surface area contributed by atoms with E-state index in [4.69, 9.17) is 0 Å². The minimum Gasteiger partial charge on any atom is -0.372 e. The van der Waals surface area contributed by atoms with Crippen molar-refractivity contribution < 1.29 is 37.1 Å². The summed E-state index contributed by atoms with van der Waals surface area (Å²) in [7, 11) is 0. The third-order valence-electron chi connectivity index (χ3n) is 9.17. The molecular weight excluding hydrogens is 556 g/mol. The van der Waals surface area contributed by atoms with E-state index in [0.29, 0.717) is 19.4 Å². The van der Waals surface area contributed by atoms with E-state index in [1.165, 1.54) is 12.1 Å². The number of benzene rings is 2. The van der Waals surface area contributed by atoms with Crippen LogP contribution in [0.1, 0.15) is 49.7 Å². The highest BCUT2D eigenvalue weighted by Crippen LogP contribution is 2.54. The largest absolute Gasteiger partial charge is 0.372 e. The van der Waals surface area contributed by atoms with Crippen LogP contribution >= 0.6 is 0 Å². The molecule has 7 rings (SSSR count). The average Bonchev–Trinajstić information content (AvgIpc) is 3.20. The Morgan fingerprint density at radius 1 is 1.10 bits per heavy atom. The SMILES string of the molecule is N#C[C@@H](C[C@@H]1CCCNC1=O)NC(=O)[C@@H]1[C@H]2CC[C@H](CC2(F)F)N1C(=O)C1(O)c2cc(F)ccc2-c2ccc(F)cc21. The predicted molar refractivity (Wildman–Crippen MR) is 139 cm³/mol. The van der Waals surface area contributed by atoms with Gasteiger partial charge in [-0.25, -0.2) is 17.6 Å². The van der Waals surface area contributed by atoms with Crippen molar-refractivity contribution in [2.45, 2.75) is 68.2 Å². The minimum absolute atomic E-state index is 0.0392. The van der Waals surface area contributed by atoms with Crippen LogP contribution in [0.3, 0.4) is 0 Å². The van der Waals surface area contributed by atoms with Gasteiger partial charge in [0.05, 0.1) is 12.0 Å². The number of halogens is 4. The highest BCUT2D eigenvalue weighted by Gasteiger charge is 2.63. The molecule has 1 saturated carbocycles. The molecule has 0 spiro atoms. The molecule has 5 aliphatic rings. The molecule has 0 unspecified atom stereocenters. The van der Waals surface area contributed by atoms with Gasteiger partial charge in [0.1, 0.15) is 23.7 Å². The van der Waals surface area contributed by atoms with Crippen molar-refractivity contribution in [1.82, 2.24) is 15.5 Å². The zero-order valence-corrected chi connectivity index (χ0v) is 22.4. The average molecular weight is 585 g/mol. The van der Waals surface area contributed by atoms with Gasteiger partial charge in [-0.15, -0.1) is 0 Å². The number of amides is 3. The molecule has 3 saturated heterocycles. The van der Waals surface area contributed by atoms with Crippen molar-refractivity contribution in [3.05, 3.63) is 59.2 Å². The maximum absolute atomic E-state index is 15.2. The fourth-order valence-electron chi connectivity index (χ4n) is 7.21. The summed E-state index contributed by atoms with van der Waals surface area (Å²) in [5.74, 6) is -9.48. The summed E-state index contributed by atoms with van der Waals surface area (Å²) in [5.41, 5.74) is -2.48. The number of nitriles is 1. The fourth-order valence-corrected chi connectivity index (χ4v) is 7.21. The lowest BCUT2D eigenvalue weighted by molar-refractivity contribution is -0.201.